The SMILES string of the molecule is CCCCCCc1ccc(-c2ccc(-c3cc(-c4ccc(-c5ccc(CCCCCC)s5)s4)c(-c4sc(C)cc4-c4ccc(-c5ccc(CCCCCC)s5)s4)s3)s2)s1.CCCCCCc1ccc(-c2ccc(C)s2)s1.C[Si](C)(C)C#Cc1ccc(-c2ccc(-c3cc(-c4ccc(-c5ccc(C#C[Si](C)(C)C)s5)s4)c(-c4sc(-c5ccc(-c6ccc(C#C[Si](C)(C)C)s6)s5)cc4-c4ccc(-c5ccc(C#C[Si](C)(C)C)s5)s4)s3)s2)s1. The van der Waals surface area contributed by atoms with Crippen LogP contribution in [0.3, 0.4) is 0 Å². The second-order valence-electron chi connectivity index (χ2n) is 42.2. The molecule has 770 valence electrons. The van der Waals surface area contributed by atoms with Crippen LogP contribution < -0.4 is 0 Å². The normalized spacial score (nSPS) is 11.7. The third-order valence-corrected chi connectivity index (χ3v) is 52.4. The van der Waals surface area contributed by atoms with E-state index in [2.05, 4.69) is 384 Å². The average molecular weight is 2400 g/mol. The second kappa shape index (κ2) is 52.1. The fourth-order valence-electron chi connectivity index (χ4n) is 16.9. The summed E-state index contributed by atoms with van der Waals surface area (Å²) in [6.07, 6.45) is 26.1. The molecule has 0 aromatic carbocycles. The monoisotopic (exact) mass is 2390 g/mol. The van der Waals surface area contributed by atoms with Crippen molar-refractivity contribution >= 4 is 259 Å². The standard InChI is InChI=1S/C60H54S10Si4.C51H56S8.C15H20S2/c1-71(2,3)33-29-39-13-17-47(61-39)51-23-21-45(65-51)43-37-57(55-27-25-53(67-55)49-19-15-41(63-49)31-35-73(7,8)9)69-59(43)60-44(46-22-24-52(66-46)48-18-14-40(62-48)30-34-72(4,5)6)38-58(70-60)56-28-26-54(68-56)50-20-16-42(64-50)32-36-74(10,11)12;1-5-8-11-14-17-35-20-23-42(53-35)45-28-26-40(56-45)38-32-34(4)52-50(38)51-39(41-27-29-46(57-41)43-24-21-36(54-43)18-15-12-9-6-2)33-49(59-51)48-31-30-47(58-48)44-25-22-37(55-44)19-16-13-10-7-3;1-3-4-5-6-7-13-9-11-15(17-13)14-10-8-12(2)16-14/h13-28,37-38H,1-12H3;20-33H,5-19H2,1-4H3;8-11H,3-7H2,1-2H3. The van der Waals surface area contributed by atoms with Crippen molar-refractivity contribution in [1.29, 1.82) is 0 Å². The topological polar surface area (TPSA) is 0 Å². The van der Waals surface area contributed by atoms with Gasteiger partial charge in [0.2, 0.25) is 0 Å². The van der Waals surface area contributed by atoms with Crippen molar-refractivity contribution in [3.8, 4) is 214 Å². The molecule has 20 heterocycles. The minimum atomic E-state index is -1.49. The van der Waals surface area contributed by atoms with E-state index in [1.165, 1.54) is 321 Å². The highest BCUT2D eigenvalue weighted by Crippen LogP contribution is 2.59. The van der Waals surface area contributed by atoms with Crippen LogP contribution in [0.5, 0.6) is 0 Å². The van der Waals surface area contributed by atoms with Gasteiger partial charge in [-0.15, -0.1) is 249 Å². The maximum Gasteiger partial charge on any atom is 0.129 e. The number of thiophene rings is 20. The Morgan fingerprint density at radius 3 is 0.600 bits per heavy atom. The first kappa shape index (κ1) is 113. The molecule has 20 rings (SSSR count). The number of rotatable bonds is 37. The van der Waals surface area contributed by atoms with Crippen LogP contribution in [-0.4, -0.2) is 32.3 Å². The molecule has 0 fully saturated rings. The summed E-state index contributed by atoms with van der Waals surface area (Å²) >= 11 is 38.4. The van der Waals surface area contributed by atoms with Gasteiger partial charge in [-0.2, -0.15) is 0 Å². The molecule has 20 aromatic heterocycles. The van der Waals surface area contributed by atoms with Gasteiger partial charge in [-0.1, -0.05) is 207 Å². The molecule has 24 heteroatoms. The minimum Gasteiger partial charge on any atom is -0.140 e. The highest BCUT2D eigenvalue weighted by atomic mass is 32.2. The highest BCUT2D eigenvalue weighted by molar-refractivity contribution is 7.34. The van der Waals surface area contributed by atoms with Crippen LogP contribution in [0.2, 0.25) is 78.6 Å². The average Bonchev–Trinajstić information content (AvgIpc) is 1.60. The lowest BCUT2D eigenvalue weighted by atomic mass is 10.1. The van der Waals surface area contributed by atoms with Crippen LogP contribution in [-0.2, 0) is 25.7 Å². The molecule has 0 radical (unpaired) electrons. The van der Waals surface area contributed by atoms with Gasteiger partial charge in [0.15, 0.2) is 0 Å². The Hall–Kier alpha value is -6.89. The first-order valence-electron chi connectivity index (χ1n) is 52.5. The molecule has 0 nitrogen and oxygen atoms in total. The molecule has 0 saturated carbocycles. The molecule has 0 atom stereocenters. The molecule has 150 heavy (non-hydrogen) atoms. The largest absolute Gasteiger partial charge is 0.140 e. The van der Waals surface area contributed by atoms with Gasteiger partial charge in [0, 0.05) is 178 Å². The molecular formula is C126H130S20Si4. The van der Waals surface area contributed by atoms with E-state index in [0.29, 0.717) is 0 Å². The van der Waals surface area contributed by atoms with Crippen LogP contribution in [0.25, 0.3) is 169 Å². The van der Waals surface area contributed by atoms with Crippen LogP contribution in [0.4, 0.5) is 0 Å². The van der Waals surface area contributed by atoms with Crippen molar-refractivity contribution in [3.63, 3.8) is 0 Å². The number of hydrogen-bond donors (Lipinski definition) is 0. The third-order valence-electron chi connectivity index (χ3n) is 24.6. The Morgan fingerprint density at radius 1 is 0.167 bits per heavy atom. The van der Waals surface area contributed by atoms with Crippen LogP contribution in [0, 0.1) is 59.7 Å². The van der Waals surface area contributed by atoms with Crippen molar-refractivity contribution < 1.29 is 0 Å². The lowest BCUT2D eigenvalue weighted by Gasteiger charge is -2.03. The predicted molar refractivity (Wildman–Crippen MR) is 711 cm³/mol. The van der Waals surface area contributed by atoms with E-state index in [1.807, 2.05) is 227 Å². The summed E-state index contributed by atoms with van der Waals surface area (Å²) in [6.45, 7) is 41.3. The van der Waals surface area contributed by atoms with E-state index in [9.17, 15) is 0 Å². The Kier molecular flexibility index (Phi) is 39.1. The quantitative estimate of drug-likeness (QED) is 0.0207. The number of unbranched alkanes of at least 4 members (excludes halogenated alkanes) is 12. The van der Waals surface area contributed by atoms with Gasteiger partial charge < -0.3 is 0 Å². The van der Waals surface area contributed by atoms with Crippen molar-refractivity contribution in [3.05, 3.63) is 267 Å². The molecule has 0 aliphatic carbocycles. The zero-order chi connectivity index (χ0) is 105. The highest BCUT2D eigenvalue weighted by Gasteiger charge is 2.29. The lowest BCUT2D eigenvalue weighted by molar-refractivity contribution is 0.670. The molecule has 0 spiro atoms. The fourth-order valence-corrected chi connectivity index (χ4v) is 41.0. The van der Waals surface area contributed by atoms with Crippen LogP contribution in [0.1, 0.15) is 179 Å². The molecule has 0 bridgehead atoms. The van der Waals surface area contributed by atoms with Crippen molar-refractivity contribution in [2.24, 2.45) is 0 Å². The molecule has 0 amide bonds. The minimum absolute atomic E-state index is 1.14. The second-order valence-corrected chi connectivity index (χ2v) is 83.5. The summed E-state index contributed by atoms with van der Waals surface area (Å²) in [5, 5.41) is 0. The van der Waals surface area contributed by atoms with E-state index in [4.69, 9.17) is 0 Å². The maximum absolute atomic E-state index is 3.57. The van der Waals surface area contributed by atoms with Gasteiger partial charge in [-0.3, -0.25) is 0 Å². The van der Waals surface area contributed by atoms with Crippen LogP contribution in [0.15, 0.2) is 218 Å². The summed E-state index contributed by atoms with van der Waals surface area (Å²) < 4.78 is 0. The molecular weight excluding hydrogens is 2270 g/mol. The molecule has 0 aliphatic rings. The maximum atomic E-state index is 3.57. The van der Waals surface area contributed by atoms with Gasteiger partial charge in [-0.05, 0) is 284 Å². The molecule has 0 N–H and O–H groups in total. The Bertz CT molecular complexity index is 7910. The summed E-state index contributed by atoms with van der Waals surface area (Å²) in [7, 11) is -5.94. The van der Waals surface area contributed by atoms with Gasteiger partial charge in [-0.25, -0.2) is 0 Å². The van der Waals surface area contributed by atoms with E-state index < -0.39 is 32.3 Å². The van der Waals surface area contributed by atoms with Gasteiger partial charge in [0.05, 0.1) is 39.0 Å². The van der Waals surface area contributed by atoms with Crippen molar-refractivity contribution in [2.45, 2.75) is 249 Å². The van der Waals surface area contributed by atoms with Crippen LogP contribution >= 0.6 is 227 Å². The van der Waals surface area contributed by atoms with Gasteiger partial charge >= 0.3 is 0 Å². The van der Waals surface area contributed by atoms with Gasteiger partial charge in [0.25, 0.3) is 0 Å². The van der Waals surface area contributed by atoms with Gasteiger partial charge in [0.1, 0.15) is 32.3 Å². The summed E-state index contributed by atoms with van der Waals surface area (Å²) in [5.41, 5.74) is 19.6. The summed E-state index contributed by atoms with van der Waals surface area (Å²) in [6, 6.07) is 83.8. The van der Waals surface area contributed by atoms with E-state index >= 15 is 0 Å². The smallest absolute Gasteiger partial charge is 0.129 e. The fraction of sp³-hybridized carbons (Fsp3) is 0.302. The zero-order valence-corrected chi connectivity index (χ0v) is 109. The zero-order valence-electron chi connectivity index (χ0n) is 89.1. The number of hydrogen-bond acceptors (Lipinski definition) is 20. The van der Waals surface area contributed by atoms with E-state index in [0.717, 1.165) is 19.5 Å². The Morgan fingerprint density at radius 2 is 0.360 bits per heavy atom. The number of aryl methyl sites for hydroxylation is 6. The first-order chi connectivity index (χ1) is 72.3. The van der Waals surface area contributed by atoms with E-state index in [-0.39, 0.29) is 0 Å². The molecule has 0 unspecified atom stereocenters. The molecule has 0 saturated heterocycles. The predicted octanol–water partition coefficient (Wildman–Crippen LogP) is 48.7. The molecule has 20 aromatic rings. The van der Waals surface area contributed by atoms with Crippen molar-refractivity contribution in [1.82, 2.24) is 0 Å². The Labute approximate surface area is 977 Å². The van der Waals surface area contributed by atoms with E-state index in [1.54, 1.807) is 4.88 Å². The summed E-state index contributed by atoms with van der Waals surface area (Å²) in [5.74, 6) is 14.0. The molecule has 0 aliphatic heterocycles. The summed E-state index contributed by atoms with van der Waals surface area (Å²) in [4.78, 5) is 53.6. The third kappa shape index (κ3) is 30.6. The lowest BCUT2D eigenvalue weighted by Crippen LogP contribution is -2.16. The van der Waals surface area contributed by atoms with Crippen molar-refractivity contribution in [2.75, 3.05) is 0 Å². The Balaban J connectivity index is 0.000000172. The first-order valence-corrected chi connectivity index (χ1v) is 82.9.